The molecule has 2 aromatic heterocycles. The van der Waals surface area contributed by atoms with Gasteiger partial charge in [0.25, 0.3) is 0 Å². The number of aliphatic carboxylic acids is 1. The molecule has 5 aromatic rings. The zero-order chi connectivity index (χ0) is 27.8. The van der Waals surface area contributed by atoms with E-state index in [1.54, 1.807) is 11.3 Å². The molecule has 0 spiro atoms. The van der Waals surface area contributed by atoms with E-state index in [4.69, 9.17) is 16.6 Å². The van der Waals surface area contributed by atoms with Gasteiger partial charge in [0.15, 0.2) is 0 Å². The molecule has 1 N–H and O–H groups in total. The van der Waals surface area contributed by atoms with Crippen molar-refractivity contribution >= 4 is 44.9 Å². The van der Waals surface area contributed by atoms with Crippen LogP contribution in [0.4, 0.5) is 5.82 Å². The first-order valence-electron chi connectivity index (χ1n) is 13.3. The van der Waals surface area contributed by atoms with Crippen LogP contribution in [0, 0.1) is 6.92 Å². The summed E-state index contributed by atoms with van der Waals surface area (Å²) in [6.07, 6.45) is 1.83. The molecule has 1 saturated heterocycles. The van der Waals surface area contributed by atoms with E-state index in [1.165, 1.54) is 0 Å². The number of hydrogen-bond donors (Lipinski definition) is 1. The van der Waals surface area contributed by atoms with Crippen LogP contribution in [0.25, 0.3) is 43.0 Å². The monoisotopic (exact) mass is 568 g/mol. The summed E-state index contributed by atoms with van der Waals surface area (Å²) in [5.74, 6) is 0.147. The largest absolute Gasteiger partial charge is 0.481 e. The summed E-state index contributed by atoms with van der Waals surface area (Å²) in [5.41, 5.74) is 7.69. The van der Waals surface area contributed by atoms with E-state index in [2.05, 4.69) is 58.2 Å². The van der Waals surface area contributed by atoms with E-state index in [0.717, 1.165) is 86.2 Å². The minimum absolute atomic E-state index is 0.0554. The summed E-state index contributed by atoms with van der Waals surface area (Å²) < 4.78 is 0.978. The van der Waals surface area contributed by atoms with Crippen molar-refractivity contribution in [2.24, 2.45) is 0 Å². The van der Waals surface area contributed by atoms with Gasteiger partial charge >= 0.3 is 5.97 Å². The maximum atomic E-state index is 11.8. The summed E-state index contributed by atoms with van der Waals surface area (Å²) in [4.78, 5) is 26.1. The Kier molecular flexibility index (Phi) is 7.27. The molecular formula is C32H29ClN4O2S. The number of likely N-dealkylation sites (N-methyl/N-ethyl adjacent to an activating group) is 1. The Morgan fingerprint density at radius 2 is 1.68 bits per heavy atom. The van der Waals surface area contributed by atoms with Crippen molar-refractivity contribution in [1.82, 2.24) is 14.9 Å². The van der Waals surface area contributed by atoms with Crippen molar-refractivity contribution in [3.05, 3.63) is 89.1 Å². The Morgan fingerprint density at radius 3 is 2.42 bits per heavy atom. The first kappa shape index (κ1) is 26.4. The Bertz CT molecular complexity index is 1710. The summed E-state index contributed by atoms with van der Waals surface area (Å²) in [7, 11) is 2.15. The number of aromatic nitrogens is 2. The number of fused-ring (bicyclic) bond motifs is 1. The zero-order valence-corrected chi connectivity index (χ0v) is 24.0. The lowest BCUT2D eigenvalue weighted by molar-refractivity contribution is -0.136. The molecule has 0 atom stereocenters. The SMILES string of the molecule is Cc1cc2nc(-c3cccc(-c4ccnc(N5CCN(C)CC5)c4)c3)sc2c(-c2ccc(Cl)cc2)c1CC(=O)O. The van der Waals surface area contributed by atoms with Crippen molar-refractivity contribution in [3.63, 3.8) is 0 Å². The number of anilines is 1. The highest BCUT2D eigenvalue weighted by Gasteiger charge is 2.20. The van der Waals surface area contributed by atoms with E-state index in [1.807, 2.05) is 43.5 Å². The number of hydrogen-bond acceptors (Lipinski definition) is 6. The van der Waals surface area contributed by atoms with Crippen molar-refractivity contribution in [2.75, 3.05) is 38.1 Å². The van der Waals surface area contributed by atoms with Gasteiger partial charge in [0.2, 0.25) is 0 Å². The van der Waals surface area contributed by atoms with Crippen molar-refractivity contribution in [2.45, 2.75) is 13.3 Å². The molecule has 0 bridgehead atoms. The van der Waals surface area contributed by atoms with Gasteiger partial charge in [-0.15, -0.1) is 11.3 Å². The summed E-state index contributed by atoms with van der Waals surface area (Å²) in [6, 6.07) is 22.2. The minimum atomic E-state index is -0.858. The average molecular weight is 569 g/mol. The second kappa shape index (κ2) is 11.0. The fourth-order valence-electron chi connectivity index (χ4n) is 5.30. The molecule has 1 aliphatic heterocycles. The van der Waals surface area contributed by atoms with Crippen LogP contribution >= 0.6 is 22.9 Å². The number of nitrogens with zero attached hydrogens (tertiary/aromatic N) is 4. The van der Waals surface area contributed by atoms with E-state index >= 15 is 0 Å². The lowest BCUT2D eigenvalue weighted by Crippen LogP contribution is -2.44. The molecule has 0 unspecified atom stereocenters. The normalized spacial score (nSPS) is 14.1. The second-order valence-electron chi connectivity index (χ2n) is 10.3. The number of pyridine rings is 1. The highest BCUT2D eigenvalue weighted by Crippen LogP contribution is 2.41. The third-order valence-electron chi connectivity index (χ3n) is 7.49. The predicted octanol–water partition coefficient (Wildman–Crippen LogP) is 7.03. The third-order valence-corrected chi connectivity index (χ3v) is 8.88. The predicted molar refractivity (Wildman–Crippen MR) is 165 cm³/mol. The van der Waals surface area contributed by atoms with Crippen LogP contribution < -0.4 is 4.90 Å². The van der Waals surface area contributed by atoms with Crippen LogP contribution in [-0.4, -0.2) is 59.2 Å². The zero-order valence-electron chi connectivity index (χ0n) is 22.4. The number of carboxylic acid groups (broad SMARTS) is 1. The molecule has 6 nitrogen and oxygen atoms in total. The minimum Gasteiger partial charge on any atom is -0.481 e. The Morgan fingerprint density at radius 1 is 0.950 bits per heavy atom. The summed E-state index contributed by atoms with van der Waals surface area (Å²) >= 11 is 7.76. The van der Waals surface area contributed by atoms with Crippen LogP contribution in [0.15, 0.2) is 72.9 Å². The van der Waals surface area contributed by atoms with Gasteiger partial charge in [-0.25, -0.2) is 9.97 Å². The molecule has 8 heteroatoms. The summed E-state index contributed by atoms with van der Waals surface area (Å²) in [6.45, 7) is 5.96. The van der Waals surface area contributed by atoms with Crippen LogP contribution in [0.1, 0.15) is 11.1 Å². The Balaban J connectivity index is 1.41. The number of rotatable bonds is 6. The number of halogens is 1. The van der Waals surface area contributed by atoms with Gasteiger partial charge in [-0.2, -0.15) is 0 Å². The molecule has 0 amide bonds. The third kappa shape index (κ3) is 5.32. The standard InChI is InChI=1S/C32H29ClN4O2S/c1-20-16-27-31(30(26(20)19-29(38)39)21-6-8-25(33)9-7-21)40-32(35-27)24-5-3-4-22(17-24)23-10-11-34-28(18-23)37-14-12-36(2)13-15-37/h3-11,16-18H,12-15,19H2,1-2H3,(H,38,39). The molecular weight excluding hydrogens is 540 g/mol. The lowest BCUT2D eigenvalue weighted by atomic mass is 9.93. The van der Waals surface area contributed by atoms with Gasteiger partial charge < -0.3 is 14.9 Å². The molecule has 1 fully saturated rings. The Labute approximate surface area is 242 Å². The fraction of sp³-hybridized carbons (Fsp3) is 0.219. The molecule has 1 aliphatic rings. The van der Waals surface area contributed by atoms with Gasteiger partial charge in [-0.1, -0.05) is 41.9 Å². The Hall–Kier alpha value is -3.78. The first-order chi connectivity index (χ1) is 19.4. The molecule has 3 heterocycles. The van der Waals surface area contributed by atoms with E-state index < -0.39 is 5.97 Å². The molecule has 6 rings (SSSR count). The molecule has 0 aliphatic carbocycles. The average Bonchev–Trinajstić information content (AvgIpc) is 3.38. The van der Waals surface area contributed by atoms with Gasteiger partial charge in [-0.05, 0) is 78.2 Å². The van der Waals surface area contributed by atoms with Crippen LogP contribution in [0.3, 0.4) is 0 Å². The van der Waals surface area contributed by atoms with E-state index in [-0.39, 0.29) is 6.42 Å². The number of aryl methyl sites for hydroxylation is 1. The van der Waals surface area contributed by atoms with Crippen molar-refractivity contribution < 1.29 is 9.90 Å². The number of thiazole rings is 1. The quantitative estimate of drug-likeness (QED) is 0.237. The summed E-state index contributed by atoms with van der Waals surface area (Å²) in [5, 5.41) is 11.2. The number of piperazine rings is 1. The van der Waals surface area contributed by atoms with Gasteiger partial charge in [0.05, 0.1) is 16.6 Å². The van der Waals surface area contributed by atoms with Gasteiger partial charge in [0, 0.05) is 48.5 Å². The number of carbonyl (C=O) groups is 1. The topological polar surface area (TPSA) is 69.6 Å². The molecule has 0 saturated carbocycles. The molecule has 202 valence electrons. The second-order valence-corrected chi connectivity index (χ2v) is 11.7. The van der Waals surface area contributed by atoms with Crippen LogP contribution in [-0.2, 0) is 11.2 Å². The van der Waals surface area contributed by atoms with Crippen molar-refractivity contribution in [3.8, 4) is 32.8 Å². The highest BCUT2D eigenvalue weighted by atomic mass is 35.5. The highest BCUT2D eigenvalue weighted by molar-refractivity contribution is 7.22. The van der Waals surface area contributed by atoms with Crippen LogP contribution in [0.5, 0.6) is 0 Å². The molecule has 3 aromatic carbocycles. The number of benzene rings is 3. The smallest absolute Gasteiger partial charge is 0.307 e. The molecule has 40 heavy (non-hydrogen) atoms. The fourth-order valence-corrected chi connectivity index (χ4v) is 6.56. The first-order valence-corrected chi connectivity index (χ1v) is 14.5. The molecule has 0 radical (unpaired) electrons. The number of carboxylic acids is 1. The lowest BCUT2D eigenvalue weighted by Gasteiger charge is -2.33. The maximum absolute atomic E-state index is 11.8. The van der Waals surface area contributed by atoms with E-state index in [9.17, 15) is 9.90 Å². The van der Waals surface area contributed by atoms with Crippen LogP contribution in [0.2, 0.25) is 5.02 Å². The van der Waals surface area contributed by atoms with E-state index in [0.29, 0.717) is 5.02 Å². The van der Waals surface area contributed by atoms with Crippen molar-refractivity contribution in [1.29, 1.82) is 0 Å². The van der Waals surface area contributed by atoms with Gasteiger partial charge in [0.1, 0.15) is 10.8 Å². The van der Waals surface area contributed by atoms with Gasteiger partial charge in [-0.3, -0.25) is 4.79 Å². The maximum Gasteiger partial charge on any atom is 0.307 e.